The van der Waals surface area contributed by atoms with Crippen LogP contribution in [0.2, 0.25) is 0 Å². The SMILES string of the molecule is NC(C1CCOCC1)C1(O)CC(CF)(CF)C1. The molecule has 100 valence electrons. The average molecular weight is 249 g/mol. The maximum Gasteiger partial charge on any atom is 0.0977 e. The topological polar surface area (TPSA) is 55.5 Å². The highest BCUT2D eigenvalue weighted by Gasteiger charge is 2.58. The van der Waals surface area contributed by atoms with E-state index in [1.807, 2.05) is 0 Å². The van der Waals surface area contributed by atoms with Gasteiger partial charge < -0.3 is 15.6 Å². The molecule has 0 bridgehead atoms. The summed E-state index contributed by atoms with van der Waals surface area (Å²) in [5.74, 6) is 0.200. The number of alkyl halides is 2. The lowest BCUT2D eigenvalue weighted by molar-refractivity contribution is -0.169. The number of nitrogens with two attached hydrogens (primary N) is 1. The van der Waals surface area contributed by atoms with Gasteiger partial charge in [0, 0.05) is 24.7 Å². The standard InChI is InChI=1S/C12H21F2NO2/c13-7-11(8-14)5-12(16,6-11)10(15)9-1-3-17-4-2-9/h9-10,16H,1-8,15H2. The Kier molecular flexibility index (Phi) is 3.71. The first-order chi connectivity index (χ1) is 8.05. The summed E-state index contributed by atoms with van der Waals surface area (Å²) in [7, 11) is 0. The number of ether oxygens (including phenoxy) is 1. The van der Waals surface area contributed by atoms with Gasteiger partial charge in [-0.2, -0.15) is 0 Å². The molecular formula is C12H21F2NO2. The Morgan fingerprint density at radius 3 is 2.24 bits per heavy atom. The first-order valence-corrected chi connectivity index (χ1v) is 6.23. The average Bonchev–Trinajstić information content (AvgIpc) is 2.35. The van der Waals surface area contributed by atoms with Crippen molar-refractivity contribution in [3.63, 3.8) is 0 Å². The van der Waals surface area contributed by atoms with Gasteiger partial charge in [-0.05, 0) is 31.6 Å². The lowest BCUT2D eigenvalue weighted by atomic mass is 9.56. The molecule has 1 unspecified atom stereocenters. The van der Waals surface area contributed by atoms with Crippen molar-refractivity contribution in [1.82, 2.24) is 0 Å². The number of rotatable bonds is 4. The Labute approximate surface area is 100 Å². The highest BCUT2D eigenvalue weighted by Crippen LogP contribution is 2.52. The normalized spacial score (nSPS) is 29.6. The van der Waals surface area contributed by atoms with Crippen LogP contribution < -0.4 is 5.73 Å². The van der Waals surface area contributed by atoms with E-state index in [1.54, 1.807) is 0 Å². The van der Waals surface area contributed by atoms with E-state index < -0.39 is 30.4 Å². The Morgan fingerprint density at radius 1 is 1.24 bits per heavy atom. The quantitative estimate of drug-likeness (QED) is 0.787. The Morgan fingerprint density at radius 2 is 1.76 bits per heavy atom. The number of halogens is 2. The molecule has 5 heteroatoms. The molecule has 3 N–H and O–H groups in total. The maximum atomic E-state index is 12.7. The summed E-state index contributed by atoms with van der Waals surface area (Å²) in [4.78, 5) is 0. The zero-order valence-corrected chi connectivity index (χ0v) is 10.0. The first kappa shape index (κ1) is 13.2. The highest BCUT2D eigenvalue weighted by molar-refractivity contribution is 5.10. The van der Waals surface area contributed by atoms with Crippen LogP contribution in [0.15, 0.2) is 0 Å². The van der Waals surface area contributed by atoms with Crippen molar-refractivity contribution in [2.24, 2.45) is 17.1 Å². The van der Waals surface area contributed by atoms with Crippen LogP contribution in [0.4, 0.5) is 8.78 Å². The van der Waals surface area contributed by atoms with Crippen LogP contribution >= 0.6 is 0 Å². The van der Waals surface area contributed by atoms with Crippen LogP contribution in [0, 0.1) is 11.3 Å². The third-order valence-electron chi connectivity index (χ3n) is 4.32. The second kappa shape index (κ2) is 4.78. The molecule has 17 heavy (non-hydrogen) atoms. The number of hydrogen-bond acceptors (Lipinski definition) is 3. The van der Waals surface area contributed by atoms with Gasteiger partial charge in [-0.15, -0.1) is 0 Å². The Bertz CT molecular complexity index is 257. The molecule has 1 aliphatic heterocycles. The molecule has 3 nitrogen and oxygen atoms in total. The summed E-state index contributed by atoms with van der Waals surface area (Å²) in [5.41, 5.74) is 4.01. The van der Waals surface area contributed by atoms with Crippen molar-refractivity contribution in [3.8, 4) is 0 Å². The highest BCUT2D eigenvalue weighted by atomic mass is 19.1. The molecule has 2 aliphatic rings. The fourth-order valence-electron chi connectivity index (χ4n) is 3.22. The zero-order valence-electron chi connectivity index (χ0n) is 10.0. The molecule has 1 aliphatic carbocycles. The van der Waals surface area contributed by atoms with Gasteiger partial charge in [0.2, 0.25) is 0 Å². The van der Waals surface area contributed by atoms with Gasteiger partial charge in [-0.3, -0.25) is 8.78 Å². The van der Waals surface area contributed by atoms with Crippen LogP contribution in [0.25, 0.3) is 0 Å². The lowest BCUT2D eigenvalue weighted by Gasteiger charge is -2.55. The van der Waals surface area contributed by atoms with E-state index in [2.05, 4.69) is 0 Å². The van der Waals surface area contributed by atoms with E-state index in [0.717, 1.165) is 12.8 Å². The predicted octanol–water partition coefficient (Wildman–Crippen LogP) is 1.19. The molecule has 0 spiro atoms. The van der Waals surface area contributed by atoms with Crippen LogP contribution in [0.3, 0.4) is 0 Å². The number of hydrogen-bond donors (Lipinski definition) is 2. The van der Waals surface area contributed by atoms with Crippen molar-refractivity contribution in [3.05, 3.63) is 0 Å². The largest absolute Gasteiger partial charge is 0.388 e. The van der Waals surface area contributed by atoms with Crippen molar-refractivity contribution in [2.75, 3.05) is 26.6 Å². The van der Waals surface area contributed by atoms with E-state index in [-0.39, 0.29) is 18.8 Å². The molecule has 1 saturated carbocycles. The van der Waals surface area contributed by atoms with Gasteiger partial charge in [0.05, 0.1) is 19.0 Å². The molecule has 1 atom stereocenters. The smallest absolute Gasteiger partial charge is 0.0977 e. The summed E-state index contributed by atoms with van der Waals surface area (Å²) in [6.45, 7) is -0.115. The minimum Gasteiger partial charge on any atom is -0.388 e. The van der Waals surface area contributed by atoms with E-state index in [9.17, 15) is 13.9 Å². The summed E-state index contributed by atoms with van der Waals surface area (Å²) >= 11 is 0. The van der Waals surface area contributed by atoms with Crippen molar-refractivity contribution in [1.29, 1.82) is 0 Å². The first-order valence-electron chi connectivity index (χ1n) is 6.23. The van der Waals surface area contributed by atoms with Crippen molar-refractivity contribution in [2.45, 2.75) is 37.3 Å². The second-order valence-electron chi connectivity index (χ2n) is 5.70. The molecule has 0 radical (unpaired) electrons. The van der Waals surface area contributed by atoms with Crippen molar-refractivity contribution >= 4 is 0 Å². The molecule has 1 heterocycles. The van der Waals surface area contributed by atoms with E-state index in [4.69, 9.17) is 10.5 Å². The third-order valence-corrected chi connectivity index (χ3v) is 4.32. The van der Waals surface area contributed by atoms with Gasteiger partial charge in [0.15, 0.2) is 0 Å². The molecule has 0 amide bonds. The van der Waals surface area contributed by atoms with Crippen molar-refractivity contribution < 1.29 is 18.6 Å². The Balaban J connectivity index is 1.94. The second-order valence-corrected chi connectivity index (χ2v) is 5.70. The van der Waals surface area contributed by atoms with Crippen LogP contribution in [-0.4, -0.2) is 43.3 Å². The molecule has 0 aromatic carbocycles. The fraction of sp³-hybridized carbons (Fsp3) is 1.00. The van der Waals surface area contributed by atoms with Crippen LogP contribution in [0.1, 0.15) is 25.7 Å². The number of aliphatic hydroxyl groups is 1. The summed E-state index contributed by atoms with van der Waals surface area (Å²) in [6, 6.07) is -0.391. The van der Waals surface area contributed by atoms with Gasteiger partial charge >= 0.3 is 0 Å². The third kappa shape index (κ3) is 2.33. The lowest BCUT2D eigenvalue weighted by Crippen LogP contribution is -2.65. The van der Waals surface area contributed by atoms with E-state index >= 15 is 0 Å². The Hall–Kier alpha value is -0.260. The van der Waals surface area contributed by atoms with Crippen LogP contribution in [-0.2, 0) is 4.74 Å². The predicted molar refractivity (Wildman–Crippen MR) is 60.1 cm³/mol. The molecular weight excluding hydrogens is 228 g/mol. The van der Waals surface area contributed by atoms with Crippen LogP contribution in [0.5, 0.6) is 0 Å². The molecule has 0 aromatic rings. The molecule has 2 rings (SSSR count). The minimum absolute atomic E-state index is 0.144. The van der Waals surface area contributed by atoms with E-state index in [1.165, 1.54) is 0 Å². The minimum atomic E-state index is -1.08. The van der Waals surface area contributed by atoms with Gasteiger partial charge in [-0.25, -0.2) is 0 Å². The zero-order chi connectivity index (χ0) is 12.5. The van der Waals surface area contributed by atoms with E-state index in [0.29, 0.717) is 13.2 Å². The van der Waals surface area contributed by atoms with Gasteiger partial charge in [0.25, 0.3) is 0 Å². The summed E-state index contributed by atoms with van der Waals surface area (Å²) in [5, 5.41) is 10.3. The summed E-state index contributed by atoms with van der Waals surface area (Å²) in [6.07, 6.45) is 1.93. The summed E-state index contributed by atoms with van der Waals surface area (Å²) < 4.78 is 30.7. The molecule has 0 aromatic heterocycles. The monoisotopic (exact) mass is 249 g/mol. The fourth-order valence-corrected chi connectivity index (χ4v) is 3.22. The van der Waals surface area contributed by atoms with Gasteiger partial charge in [0.1, 0.15) is 0 Å². The van der Waals surface area contributed by atoms with Gasteiger partial charge in [-0.1, -0.05) is 0 Å². The molecule has 2 fully saturated rings. The maximum absolute atomic E-state index is 12.7. The molecule has 1 saturated heterocycles.